The number of hydrazine groups is 1. The number of nitrogens with two attached hydrogens (primary N) is 1. The molecule has 1 atom stereocenters. The number of carbonyl (C=O) groups is 1. The zero-order chi connectivity index (χ0) is 25.6. The van der Waals surface area contributed by atoms with E-state index in [0.29, 0.717) is 16.3 Å². The van der Waals surface area contributed by atoms with E-state index in [4.69, 9.17) is 21.1 Å². The molecule has 2 aliphatic rings. The predicted octanol–water partition coefficient (Wildman–Crippen LogP) is 5.47. The van der Waals surface area contributed by atoms with Crippen molar-refractivity contribution in [2.75, 3.05) is 13.7 Å². The molecule has 1 aromatic rings. The number of hydrogen-bond donors (Lipinski definition) is 4. The van der Waals surface area contributed by atoms with Crippen molar-refractivity contribution in [2.24, 2.45) is 11.8 Å². The molecule has 1 saturated carbocycles. The molecular formula is C24H35F3N4O3. The monoisotopic (exact) mass is 484 g/mol. The van der Waals surface area contributed by atoms with Crippen LogP contribution in [0.5, 0.6) is 0 Å². The van der Waals surface area contributed by atoms with E-state index in [9.17, 15) is 18.0 Å². The van der Waals surface area contributed by atoms with Crippen molar-refractivity contribution >= 4 is 11.9 Å². The highest BCUT2D eigenvalue weighted by atomic mass is 19.4. The molecule has 1 aromatic carbocycles. The summed E-state index contributed by atoms with van der Waals surface area (Å²) in [7, 11) is 1.36. The van der Waals surface area contributed by atoms with Gasteiger partial charge in [-0.25, -0.2) is 10.6 Å². The van der Waals surface area contributed by atoms with E-state index in [2.05, 4.69) is 12.2 Å². The molecule has 0 aromatic heterocycles. The Morgan fingerprint density at radius 2 is 1.71 bits per heavy atom. The van der Waals surface area contributed by atoms with Crippen LogP contribution in [0.25, 0.3) is 0 Å². The van der Waals surface area contributed by atoms with Crippen LogP contribution in [0.4, 0.5) is 18.0 Å². The number of halogens is 3. The van der Waals surface area contributed by atoms with Gasteiger partial charge in [0.15, 0.2) is 0 Å². The molecule has 3 rings (SSSR count). The number of nitrogens with one attached hydrogen (secondary N) is 2. The van der Waals surface area contributed by atoms with Crippen LogP contribution in [0.15, 0.2) is 59.9 Å². The minimum atomic E-state index is -4.85. The second-order valence-corrected chi connectivity index (χ2v) is 8.11. The van der Waals surface area contributed by atoms with Gasteiger partial charge in [0.25, 0.3) is 0 Å². The molecule has 0 aliphatic heterocycles. The molecule has 190 valence electrons. The summed E-state index contributed by atoms with van der Waals surface area (Å²) in [5, 5.41) is 18.0. The second kappa shape index (κ2) is 15.0. The molecule has 1 unspecified atom stereocenters. The van der Waals surface area contributed by atoms with Crippen LogP contribution in [0, 0.1) is 11.3 Å². The van der Waals surface area contributed by atoms with Crippen molar-refractivity contribution in [2.45, 2.75) is 57.7 Å². The largest absolute Gasteiger partial charge is 0.497 e. The van der Waals surface area contributed by atoms with E-state index in [1.807, 2.05) is 36.4 Å². The van der Waals surface area contributed by atoms with Gasteiger partial charge in [-0.05, 0) is 24.0 Å². The number of allylic oxidation sites excluding steroid dienone is 1. The fraction of sp³-hybridized carbons (Fsp3) is 0.500. The zero-order valence-electron chi connectivity index (χ0n) is 19.6. The van der Waals surface area contributed by atoms with Gasteiger partial charge in [0.2, 0.25) is 5.84 Å². The summed E-state index contributed by atoms with van der Waals surface area (Å²) in [6, 6.07) is 11.1. The van der Waals surface area contributed by atoms with E-state index in [-0.39, 0.29) is 13.0 Å². The molecule has 7 nitrogen and oxygen atoms in total. The number of benzene rings is 1. The first kappa shape index (κ1) is 29.0. The van der Waals surface area contributed by atoms with Crippen LogP contribution < -0.4 is 11.2 Å². The SMILES string of the molecule is CC1CCCCC1.COC1=C(CNC(=O)O)CC(N(N)C(=N)C(F)(F)F)C=C1.c1ccccc1. The van der Waals surface area contributed by atoms with Crippen molar-refractivity contribution in [3.05, 3.63) is 59.9 Å². The van der Waals surface area contributed by atoms with Crippen LogP contribution in [0.3, 0.4) is 0 Å². The fourth-order valence-corrected chi connectivity index (χ4v) is 3.49. The summed E-state index contributed by atoms with van der Waals surface area (Å²) >= 11 is 0. The van der Waals surface area contributed by atoms with Crippen molar-refractivity contribution in [3.8, 4) is 0 Å². The van der Waals surface area contributed by atoms with Gasteiger partial charge in [0.1, 0.15) is 5.76 Å². The Morgan fingerprint density at radius 3 is 2.09 bits per heavy atom. The Bertz CT molecular complexity index is 781. The highest BCUT2D eigenvalue weighted by Gasteiger charge is 2.40. The quantitative estimate of drug-likeness (QED) is 0.196. The smallest absolute Gasteiger partial charge is 0.450 e. The summed E-state index contributed by atoms with van der Waals surface area (Å²) < 4.78 is 42.4. The number of rotatable bonds is 4. The molecule has 1 amide bonds. The van der Waals surface area contributed by atoms with Crippen molar-refractivity contribution in [1.29, 1.82) is 5.41 Å². The lowest BCUT2D eigenvalue weighted by Crippen LogP contribution is -2.51. The fourth-order valence-electron chi connectivity index (χ4n) is 3.49. The average Bonchev–Trinajstić information content (AvgIpc) is 2.83. The van der Waals surface area contributed by atoms with E-state index < -0.39 is 24.1 Å². The molecule has 2 aliphatic carbocycles. The van der Waals surface area contributed by atoms with Gasteiger partial charge in [0, 0.05) is 6.54 Å². The molecule has 1 fully saturated rings. The number of nitrogens with zero attached hydrogens (tertiary/aromatic N) is 1. The summed E-state index contributed by atoms with van der Waals surface area (Å²) in [6.45, 7) is 2.26. The highest BCUT2D eigenvalue weighted by Crippen LogP contribution is 2.25. The molecule has 5 N–H and O–H groups in total. The number of alkyl halides is 3. The summed E-state index contributed by atoms with van der Waals surface area (Å²) in [4.78, 5) is 10.5. The normalized spacial score (nSPS) is 18.0. The summed E-state index contributed by atoms with van der Waals surface area (Å²) in [5.41, 5.74) is 0.442. The molecule has 0 saturated heterocycles. The molecule has 34 heavy (non-hydrogen) atoms. The summed E-state index contributed by atoms with van der Waals surface area (Å²) in [5.74, 6) is 5.03. The number of amidine groups is 1. The Hall–Kier alpha value is -3.01. The van der Waals surface area contributed by atoms with Gasteiger partial charge < -0.3 is 15.2 Å². The van der Waals surface area contributed by atoms with Crippen molar-refractivity contribution in [3.63, 3.8) is 0 Å². The lowest BCUT2D eigenvalue weighted by atomic mass is 9.91. The minimum Gasteiger partial charge on any atom is -0.497 e. The van der Waals surface area contributed by atoms with Crippen LogP contribution in [-0.4, -0.2) is 47.9 Å². The van der Waals surface area contributed by atoms with Crippen LogP contribution in [-0.2, 0) is 4.74 Å². The maximum atomic E-state index is 12.5. The van der Waals surface area contributed by atoms with E-state index >= 15 is 0 Å². The third kappa shape index (κ3) is 11.2. The second-order valence-electron chi connectivity index (χ2n) is 8.11. The molecule has 0 radical (unpaired) electrons. The van der Waals surface area contributed by atoms with Gasteiger partial charge in [-0.2, -0.15) is 13.2 Å². The highest BCUT2D eigenvalue weighted by molar-refractivity contribution is 5.84. The maximum Gasteiger partial charge on any atom is 0.450 e. The topological polar surface area (TPSA) is 112 Å². The first-order valence-corrected chi connectivity index (χ1v) is 11.2. The van der Waals surface area contributed by atoms with E-state index in [1.165, 1.54) is 51.4 Å². The Balaban J connectivity index is 0.000000355. The van der Waals surface area contributed by atoms with Gasteiger partial charge in [-0.1, -0.05) is 81.5 Å². The molecule has 10 heteroatoms. The summed E-state index contributed by atoms with van der Waals surface area (Å²) in [6.07, 6.45) is 4.09. The maximum absolute atomic E-state index is 12.5. The van der Waals surface area contributed by atoms with E-state index in [1.54, 1.807) is 0 Å². The number of amides is 1. The van der Waals surface area contributed by atoms with Gasteiger partial charge in [0.05, 0.1) is 13.2 Å². The molecule has 0 bridgehead atoms. The third-order valence-electron chi connectivity index (χ3n) is 5.39. The first-order chi connectivity index (χ1) is 16.1. The van der Waals surface area contributed by atoms with Crippen LogP contribution in [0.2, 0.25) is 0 Å². The standard InChI is InChI=1S/C11H15F3N4O3.C7H14.C6H6/c1-21-8-3-2-7(4-6(8)5-17-10(19)20)18(16)9(15)11(12,13)14;1-7-5-3-2-4-6-7;1-2-4-6-5-3-1/h2-3,7,15,17H,4-5,16H2,1H3,(H,19,20);7H,2-6H2,1H3;1-6H. The number of methoxy groups -OCH3 is 1. The molecule has 0 heterocycles. The van der Waals surface area contributed by atoms with Crippen LogP contribution in [0.1, 0.15) is 45.4 Å². The first-order valence-electron chi connectivity index (χ1n) is 11.2. The zero-order valence-corrected chi connectivity index (χ0v) is 19.6. The van der Waals surface area contributed by atoms with Gasteiger partial charge in [-0.15, -0.1) is 0 Å². The lowest BCUT2D eigenvalue weighted by molar-refractivity contribution is -0.0712. The molecular weight excluding hydrogens is 449 g/mol. The Kier molecular flexibility index (Phi) is 12.8. The third-order valence-corrected chi connectivity index (χ3v) is 5.39. The Labute approximate surface area is 198 Å². The average molecular weight is 485 g/mol. The van der Waals surface area contributed by atoms with E-state index in [0.717, 1.165) is 5.92 Å². The van der Waals surface area contributed by atoms with Crippen molar-refractivity contribution in [1.82, 2.24) is 10.3 Å². The van der Waals surface area contributed by atoms with Gasteiger partial charge in [-0.3, -0.25) is 10.4 Å². The number of ether oxygens (including phenoxy) is 1. The van der Waals surface area contributed by atoms with Crippen molar-refractivity contribution < 1.29 is 27.8 Å². The predicted molar refractivity (Wildman–Crippen MR) is 126 cm³/mol. The van der Waals surface area contributed by atoms with Crippen LogP contribution >= 0.6 is 0 Å². The molecule has 0 spiro atoms. The number of carboxylic acid groups (broad SMARTS) is 1. The number of hydrogen-bond acceptors (Lipinski definition) is 4. The lowest BCUT2D eigenvalue weighted by Gasteiger charge is -2.31. The minimum absolute atomic E-state index is 0.00884. The van der Waals surface area contributed by atoms with Gasteiger partial charge >= 0.3 is 12.3 Å². The Morgan fingerprint density at radius 1 is 1.18 bits per heavy atom.